The van der Waals surface area contributed by atoms with Crippen LogP contribution in [0.2, 0.25) is 0 Å². The normalized spacial score (nSPS) is 13.8. The molecule has 0 amide bonds. The summed E-state index contributed by atoms with van der Waals surface area (Å²) in [6.07, 6.45) is 0. The van der Waals surface area contributed by atoms with Crippen molar-refractivity contribution in [2.75, 3.05) is 0 Å². The minimum Gasteiger partial charge on any atom is -0.435 e. The van der Waals surface area contributed by atoms with Crippen molar-refractivity contribution in [2.45, 2.75) is 157 Å². The van der Waals surface area contributed by atoms with Crippen molar-refractivity contribution < 1.29 is 13.9 Å². The molecule has 7 aromatic carbocycles. The molecular weight excluding hydrogens is 903 g/mol. The summed E-state index contributed by atoms with van der Waals surface area (Å²) < 4.78 is 14.4. The zero-order chi connectivity index (χ0) is 52.1. The molecule has 1 unspecified atom stereocenters. The number of hydrogen-bond acceptors (Lipinski definition) is 3. The van der Waals surface area contributed by atoms with E-state index < -0.39 is 15.9 Å². The predicted molar refractivity (Wildman–Crippen MR) is 311 cm³/mol. The Balaban J connectivity index is 1.31. The molecule has 0 aliphatic heterocycles. The van der Waals surface area contributed by atoms with Gasteiger partial charge in [-0.25, -0.2) is 4.89 Å². The zero-order valence-electron chi connectivity index (χ0n) is 46.2. The van der Waals surface area contributed by atoms with Crippen LogP contribution in [0, 0.1) is 0 Å². The molecule has 5 heteroatoms. The van der Waals surface area contributed by atoms with Gasteiger partial charge in [-0.1, -0.05) is 228 Å². The van der Waals surface area contributed by atoms with Crippen molar-refractivity contribution in [1.29, 1.82) is 0 Å². The molecule has 7 rings (SSSR count). The molecule has 0 bridgehead atoms. The molecular formula is C66H81O3P2+. The van der Waals surface area contributed by atoms with E-state index in [1.807, 2.05) is 6.07 Å². The maximum atomic E-state index is 13.7. The summed E-state index contributed by atoms with van der Waals surface area (Å²) in [6, 6.07) is 56.5. The van der Waals surface area contributed by atoms with Crippen LogP contribution in [0.1, 0.15) is 158 Å². The summed E-state index contributed by atoms with van der Waals surface area (Å²) in [6.45, 7) is 40.6. The first-order valence-electron chi connectivity index (χ1n) is 25.5. The van der Waals surface area contributed by atoms with Crippen LogP contribution in [0.4, 0.5) is 0 Å². The molecule has 0 saturated carbocycles. The smallest absolute Gasteiger partial charge is 0.326 e. The second-order valence-corrected chi connectivity index (χ2v) is 29.9. The Kier molecular flexibility index (Phi) is 15.0. The number of benzene rings is 7. The van der Waals surface area contributed by atoms with Crippen molar-refractivity contribution >= 4 is 37.1 Å². The van der Waals surface area contributed by atoms with Gasteiger partial charge in [0.2, 0.25) is 7.49 Å². The predicted octanol–water partition coefficient (Wildman–Crippen LogP) is 17.1. The first kappa shape index (κ1) is 53.8. The lowest BCUT2D eigenvalue weighted by molar-refractivity contribution is 0.466. The highest BCUT2D eigenvalue weighted by Crippen LogP contribution is 2.54. The van der Waals surface area contributed by atoms with E-state index in [9.17, 15) is 4.89 Å². The van der Waals surface area contributed by atoms with Crippen molar-refractivity contribution in [3.8, 4) is 33.8 Å². The topological polar surface area (TPSA) is 38.7 Å². The molecule has 0 radical (unpaired) electrons. The van der Waals surface area contributed by atoms with E-state index in [0.29, 0.717) is 0 Å². The maximum Gasteiger partial charge on any atom is 0.326 e. The fourth-order valence-electron chi connectivity index (χ4n) is 9.09. The van der Waals surface area contributed by atoms with Gasteiger partial charge in [0.1, 0.15) is 27.4 Å². The second kappa shape index (κ2) is 19.8. The van der Waals surface area contributed by atoms with Crippen LogP contribution in [0.5, 0.6) is 11.5 Å². The molecule has 0 aliphatic rings. The first-order valence-corrected chi connectivity index (χ1v) is 28.4. The van der Waals surface area contributed by atoms with Crippen LogP contribution in [-0.4, -0.2) is 4.89 Å². The minimum atomic E-state index is -3.13. The average molecular weight is 984 g/mol. The molecule has 1 atom stereocenters. The Hall–Kier alpha value is -5.04. The summed E-state index contributed by atoms with van der Waals surface area (Å²) in [7, 11) is -4.76. The van der Waals surface area contributed by atoms with Gasteiger partial charge in [-0.05, 0) is 126 Å². The van der Waals surface area contributed by atoms with Gasteiger partial charge in [-0.2, -0.15) is 0 Å². The molecule has 372 valence electrons. The van der Waals surface area contributed by atoms with E-state index in [-0.39, 0.29) is 32.5 Å². The molecule has 0 fully saturated rings. The lowest BCUT2D eigenvalue weighted by Gasteiger charge is -2.30. The summed E-state index contributed by atoms with van der Waals surface area (Å²) >= 11 is 0. The van der Waals surface area contributed by atoms with Gasteiger partial charge in [-0.15, -0.1) is 0 Å². The first-order chi connectivity index (χ1) is 32.8. The van der Waals surface area contributed by atoms with Crippen LogP contribution >= 0.6 is 15.9 Å². The van der Waals surface area contributed by atoms with Crippen molar-refractivity contribution in [3.63, 3.8) is 0 Å². The van der Waals surface area contributed by atoms with Crippen LogP contribution < -0.4 is 30.3 Å². The zero-order valence-corrected chi connectivity index (χ0v) is 48.0. The van der Waals surface area contributed by atoms with Gasteiger partial charge in [-0.3, -0.25) is 0 Å². The van der Waals surface area contributed by atoms with Crippen LogP contribution in [0.25, 0.3) is 22.3 Å². The van der Waals surface area contributed by atoms with E-state index in [1.54, 1.807) is 0 Å². The molecule has 7 aromatic rings. The minimum absolute atomic E-state index is 0.00810. The van der Waals surface area contributed by atoms with E-state index in [1.165, 1.54) is 22.3 Å². The molecule has 71 heavy (non-hydrogen) atoms. The van der Waals surface area contributed by atoms with E-state index >= 15 is 0 Å². The molecule has 0 aromatic heterocycles. The average Bonchev–Trinajstić information content (AvgIpc) is 3.29. The molecule has 0 aliphatic carbocycles. The standard InChI is InChI=1S/C66H81O3P2/c1-61(2,3)49-30-39-58(55(42-49)64(10,11)12)68-70(69-59-40-31-50(62(4,5)6)43-56(59)65(13,14)15)52-33-24-46(25-34-52)48-28-37-54(38-29-48)71(67,53-35-26-47(27-36-53)45-22-20-19-21-23-45)60-41-32-51(63(7,8)9)44-57(60)66(16,17)18/h19-44,67H,1-18H3/q+1. The number of rotatable bonds is 10. The Bertz CT molecular complexity index is 2870. The van der Waals surface area contributed by atoms with Gasteiger partial charge in [0, 0.05) is 16.7 Å². The Labute approximate surface area is 430 Å². The molecule has 0 heterocycles. The largest absolute Gasteiger partial charge is 0.435 e. The highest BCUT2D eigenvalue weighted by molar-refractivity contribution is 7.91. The maximum absolute atomic E-state index is 13.7. The quantitative estimate of drug-likeness (QED) is 0.139. The van der Waals surface area contributed by atoms with Crippen molar-refractivity contribution in [3.05, 3.63) is 191 Å². The lowest BCUT2D eigenvalue weighted by Crippen LogP contribution is -2.36. The Morgan fingerprint density at radius 1 is 0.338 bits per heavy atom. The van der Waals surface area contributed by atoms with Crippen molar-refractivity contribution in [1.82, 2.24) is 0 Å². The highest BCUT2D eigenvalue weighted by atomic mass is 31.2. The fourth-order valence-corrected chi connectivity index (χ4v) is 13.5. The van der Waals surface area contributed by atoms with Gasteiger partial charge in [0.05, 0.1) is 5.30 Å². The molecule has 0 saturated heterocycles. The van der Waals surface area contributed by atoms with E-state index in [4.69, 9.17) is 9.05 Å². The third-order valence-corrected chi connectivity index (χ3v) is 18.3. The molecule has 3 nitrogen and oxygen atoms in total. The third kappa shape index (κ3) is 12.1. The van der Waals surface area contributed by atoms with E-state index in [2.05, 4.69) is 276 Å². The molecule has 1 N–H and O–H groups in total. The van der Waals surface area contributed by atoms with Gasteiger partial charge < -0.3 is 9.05 Å². The summed E-state index contributed by atoms with van der Waals surface area (Å²) in [5, 5.41) is 3.83. The van der Waals surface area contributed by atoms with Crippen molar-refractivity contribution in [2.24, 2.45) is 0 Å². The Morgan fingerprint density at radius 2 is 0.662 bits per heavy atom. The SMILES string of the molecule is CC(C)(C)c1ccc(OP(Oc2ccc(C(C)(C)C)cc2C(C)(C)C)c2ccc(-c3ccc([P+](O)(c4ccc(-c5ccccc5)cc4)c4ccc(C(C)(C)C)cc4C(C)(C)C)cc3)cc2)c(C(C)(C)C)c1. The summed E-state index contributed by atoms with van der Waals surface area (Å²) in [5.41, 5.74) is 11.1. The second-order valence-electron chi connectivity index (χ2n) is 25.7. The number of hydrogen-bond donors (Lipinski definition) is 1. The van der Waals surface area contributed by atoms with Crippen LogP contribution in [-0.2, 0) is 32.5 Å². The van der Waals surface area contributed by atoms with E-state index in [0.717, 1.165) is 66.1 Å². The summed E-state index contributed by atoms with van der Waals surface area (Å²) in [5.74, 6) is 1.68. The molecule has 0 spiro atoms. The fraction of sp³-hybridized carbons (Fsp3) is 0.364. The highest BCUT2D eigenvalue weighted by Gasteiger charge is 2.48. The van der Waals surface area contributed by atoms with Gasteiger partial charge in [0.25, 0.3) is 0 Å². The lowest BCUT2D eigenvalue weighted by atomic mass is 9.80. The third-order valence-electron chi connectivity index (χ3n) is 13.7. The summed E-state index contributed by atoms with van der Waals surface area (Å²) in [4.78, 5) is 13.7. The van der Waals surface area contributed by atoms with Gasteiger partial charge >= 0.3 is 8.38 Å². The van der Waals surface area contributed by atoms with Crippen LogP contribution in [0.3, 0.4) is 0 Å². The monoisotopic (exact) mass is 984 g/mol. The van der Waals surface area contributed by atoms with Gasteiger partial charge in [0.15, 0.2) is 0 Å². The van der Waals surface area contributed by atoms with Crippen LogP contribution in [0.15, 0.2) is 158 Å². The Morgan fingerprint density at radius 3 is 1.01 bits per heavy atom.